The zero-order chi connectivity index (χ0) is 19.9. The Morgan fingerprint density at radius 3 is 2.50 bits per heavy atom. The SMILES string of the molecule is CCCN(CCc1ccc(F)cc1)CC1CCCc2c1ccc(OC)c2OC. The smallest absolute Gasteiger partial charge is 0.164 e. The minimum Gasteiger partial charge on any atom is -0.493 e. The average Bonchev–Trinajstić information content (AvgIpc) is 2.72. The quantitative estimate of drug-likeness (QED) is 0.591. The molecular formula is C24H32FNO2. The van der Waals surface area contributed by atoms with Crippen LogP contribution in [0.15, 0.2) is 36.4 Å². The van der Waals surface area contributed by atoms with Gasteiger partial charge in [0.2, 0.25) is 0 Å². The van der Waals surface area contributed by atoms with Crippen LogP contribution < -0.4 is 9.47 Å². The Morgan fingerprint density at radius 1 is 1.04 bits per heavy atom. The fraction of sp³-hybridized carbons (Fsp3) is 0.500. The summed E-state index contributed by atoms with van der Waals surface area (Å²) in [6.45, 7) is 5.37. The monoisotopic (exact) mass is 385 g/mol. The van der Waals surface area contributed by atoms with E-state index >= 15 is 0 Å². The highest BCUT2D eigenvalue weighted by Gasteiger charge is 2.26. The van der Waals surface area contributed by atoms with Crippen LogP contribution >= 0.6 is 0 Å². The van der Waals surface area contributed by atoms with Gasteiger partial charge in [-0.1, -0.05) is 25.1 Å². The molecule has 4 heteroatoms. The van der Waals surface area contributed by atoms with E-state index in [1.807, 2.05) is 18.2 Å². The van der Waals surface area contributed by atoms with Crippen LogP contribution in [0.1, 0.15) is 48.8 Å². The molecule has 1 unspecified atom stereocenters. The minimum absolute atomic E-state index is 0.169. The van der Waals surface area contributed by atoms with Crippen LogP contribution in [0.3, 0.4) is 0 Å². The lowest BCUT2D eigenvalue weighted by atomic mass is 9.81. The van der Waals surface area contributed by atoms with Gasteiger partial charge in [0.1, 0.15) is 5.82 Å². The number of nitrogens with zero attached hydrogens (tertiary/aromatic N) is 1. The third-order valence-corrected chi connectivity index (χ3v) is 5.75. The Morgan fingerprint density at radius 2 is 1.82 bits per heavy atom. The molecule has 0 aliphatic heterocycles. The maximum atomic E-state index is 13.1. The Balaban J connectivity index is 1.72. The van der Waals surface area contributed by atoms with E-state index in [9.17, 15) is 4.39 Å². The van der Waals surface area contributed by atoms with E-state index in [0.717, 1.165) is 50.4 Å². The summed E-state index contributed by atoms with van der Waals surface area (Å²) in [5.41, 5.74) is 3.91. The van der Waals surface area contributed by atoms with Crippen molar-refractivity contribution < 1.29 is 13.9 Å². The van der Waals surface area contributed by atoms with Crippen molar-refractivity contribution in [3.05, 3.63) is 58.9 Å². The molecule has 2 aromatic carbocycles. The first-order chi connectivity index (χ1) is 13.7. The number of ether oxygens (including phenoxy) is 2. The molecule has 0 radical (unpaired) electrons. The highest BCUT2D eigenvalue weighted by Crippen LogP contribution is 2.42. The fourth-order valence-electron chi connectivity index (χ4n) is 4.38. The predicted octanol–water partition coefficient (Wildman–Crippen LogP) is 5.22. The second kappa shape index (κ2) is 9.92. The molecular weight excluding hydrogens is 353 g/mol. The second-order valence-electron chi connectivity index (χ2n) is 7.64. The summed E-state index contributed by atoms with van der Waals surface area (Å²) in [7, 11) is 3.43. The summed E-state index contributed by atoms with van der Waals surface area (Å²) in [4.78, 5) is 2.56. The predicted molar refractivity (Wildman–Crippen MR) is 112 cm³/mol. The van der Waals surface area contributed by atoms with Gasteiger partial charge in [-0.3, -0.25) is 0 Å². The van der Waals surface area contributed by atoms with E-state index in [4.69, 9.17) is 9.47 Å². The third kappa shape index (κ3) is 4.85. The van der Waals surface area contributed by atoms with Crippen molar-refractivity contribution >= 4 is 0 Å². The van der Waals surface area contributed by atoms with Gasteiger partial charge >= 0.3 is 0 Å². The lowest BCUT2D eigenvalue weighted by Crippen LogP contribution is -2.32. The van der Waals surface area contributed by atoms with Gasteiger partial charge in [0.25, 0.3) is 0 Å². The first kappa shape index (κ1) is 20.7. The van der Waals surface area contributed by atoms with Gasteiger partial charge in [-0.15, -0.1) is 0 Å². The molecule has 0 saturated carbocycles. The van der Waals surface area contributed by atoms with E-state index in [0.29, 0.717) is 5.92 Å². The van der Waals surface area contributed by atoms with Gasteiger partial charge in [-0.2, -0.15) is 0 Å². The molecule has 1 aliphatic rings. The standard InChI is InChI=1S/C24H32FNO2/c1-4-15-26(16-14-18-8-10-20(25)11-9-18)17-19-6-5-7-22-21(19)12-13-23(27-2)24(22)28-3/h8-13,19H,4-7,14-17H2,1-3H3. The molecule has 152 valence electrons. The van der Waals surface area contributed by atoms with Crippen LogP contribution in [-0.4, -0.2) is 38.8 Å². The van der Waals surface area contributed by atoms with Crippen LogP contribution in [0.25, 0.3) is 0 Å². The molecule has 28 heavy (non-hydrogen) atoms. The van der Waals surface area contributed by atoms with Crippen molar-refractivity contribution in [3.63, 3.8) is 0 Å². The van der Waals surface area contributed by atoms with Crippen LogP contribution in [0.4, 0.5) is 4.39 Å². The normalized spacial score (nSPS) is 16.1. The summed E-state index contributed by atoms with van der Waals surface area (Å²) in [6.07, 6.45) is 5.52. The summed E-state index contributed by atoms with van der Waals surface area (Å²) in [6, 6.07) is 11.2. The topological polar surface area (TPSA) is 21.7 Å². The van der Waals surface area contributed by atoms with E-state index in [1.165, 1.54) is 29.5 Å². The van der Waals surface area contributed by atoms with E-state index in [1.54, 1.807) is 26.4 Å². The molecule has 0 amide bonds. The van der Waals surface area contributed by atoms with Gasteiger partial charge in [0.15, 0.2) is 11.5 Å². The Labute approximate surface area is 168 Å². The van der Waals surface area contributed by atoms with Crippen molar-refractivity contribution in [3.8, 4) is 11.5 Å². The minimum atomic E-state index is -0.169. The van der Waals surface area contributed by atoms with Crippen LogP contribution in [0.5, 0.6) is 11.5 Å². The number of halogens is 1. The fourth-order valence-corrected chi connectivity index (χ4v) is 4.38. The number of rotatable bonds is 9. The molecule has 2 aromatic rings. The van der Waals surface area contributed by atoms with Crippen molar-refractivity contribution in [2.75, 3.05) is 33.9 Å². The summed E-state index contributed by atoms with van der Waals surface area (Å²) in [5, 5.41) is 0. The number of hydrogen-bond donors (Lipinski definition) is 0. The van der Waals surface area contributed by atoms with Gasteiger partial charge < -0.3 is 14.4 Å². The Hall–Kier alpha value is -2.07. The summed E-state index contributed by atoms with van der Waals surface area (Å²) < 4.78 is 24.3. The molecule has 0 fully saturated rings. The maximum absolute atomic E-state index is 13.1. The molecule has 0 saturated heterocycles. The molecule has 1 aliphatic carbocycles. The number of methoxy groups -OCH3 is 2. The molecule has 0 heterocycles. The average molecular weight is 386 g/mol. The molecule has 1 atom stereocenters. The molecule has 0 aromatic heterocycles. The number of hydrogen-bond acceptors (Lipinski definition) is 3. The first-order valence-electron chi connectivity index (χ1n) is 10.4. The number of benzene rings is 2. The Kier molecular flexibility index (Phi) is 7.32. The highest BCUT2D eigenvalue weighted by atomic mass is 19.1. The van der Waals surface area contributed by atoms with Crippen molar-refractivity contribution in [2.24, 2.45) is 0 Å². The van der Waals surface area contributed by atoms with Crippen molar-refractivity contribution in [1.82, 2.24) is 4.90 Å². The molecule has 3 nitrogen and oxygen atoms in total. The third-order valence-electron chi connectivity index (χ3n) is 5.75. The van der Waals surface area contributed by atoms with Gasteiger partial charge in [-0.05, 0) is 73.9 Å². The second-order valence-corrected chi connectivity index (χ2v) is 7.64. The highest BCUT2D eigenvalue weighted by molar-refractivity contribution is 5.53. The van der Waals surface area contributed by atoms with E-state index < -0.39 is 0 Å². The Bertz CT molecular complexity index is 760. The maximum Gasteiger partial charge on any atom is 0.164 e. The van der Waals surface area contributed by atoms with Gasteiger partial charge in [0.05, 0.1) is 14.2 Å². The zero-order valence-corrected chi connectivity index (χ0v) is 17.3. The number of fused-ring (bicyclic) bond motifs is 1. The zero-order valence-electron chi connectivity index (χ0n) is 17.3. The van der Waals surface area contributed by atoms with Crippen molar-refractivity contribution in [1.29, 1.82) is 0 Å². The van der Waals surface area contributed by atoms with Crippen LogP contribution in [-0.2, 0) is 12.8 Å². The summed E-state index contributed by atoms with van der Waals surface area (Å²) >= 11 is 0. The molecule has 3 rings (SSSR count). The van der Waals surface area contributed by atoms with Gasteiger partial charge in [-0.25, -0.2) is 4.39 Å². The summed E-state index contributed by atoms with van der Waals surface area (Å²) in [5.74, 6) is 2.07. The van der Waals surface area contributed by atoms with E-state index in [-0.39, 0.29) is 5.82 Å². The van der Waals surface area contributed by atoms with Crippen molar-refractivity contribution in [2.45, 2.75) is 44.9 Å². The van der Waals surface area contributed by atoms with Crippen LogP contribution in [0, 0.1) is 5.82 Å². The first-order valence-corrected chi connectivity index (χ1v) is 10.4. The lowest BCUT2D eigenvalue weighted by molar-refractivity contribution is 0.249. The van der Waals surface area contributed by atoms with E-state index in [2.05, 4.69) is 17.9 Å². The van der Waals surface area contributed by atoms with Crippen LogP contribution in [0.2, 0.25) is 0 Å². The van der Waals surface area contributed by atoms with Gasteiger partial charge in [0, 0.05) is 18.7 Å². The molecule has 0 spiro atoms. The lowest BCUT2D eigenvalue weighted by Gasteiger charge is -2.32. The molecule has 0 N–H and O–H groups in total. The largest absolute Gasteiger partial charge is 0.493 e. The molecule has 0 bridgehead atoms.